The fourth-order valence-corrected chi connectivity index (χ4v) is 5.36. The van der Waals surface area contributed by atoms with Gasteiger partial charge in [0.15, 0.2) is 0 Å². The normalized spacial score (nSPS) is 19.9. The molecule has 9 heteroatoms. The van der Waals surface area contributed by atoms with Gasteiger partial charge in [0.2, 0.25) is 0 Å². The number of nitrogens with one attached hydrogen (secondary N) is 1. The Bertz CT molecular complexity index is 1240. The molecule has 2 aliphatic rings. The third-order valence-corrected chi connectivity index (χ3v) is 7.50. The standard InChI is InChI=1S/C29H37N3O6/c1-17(2)20-7-9-21(10-8-20)25-23(26(33)22-18(3)24(29(36)37-5)30-19(22)4)27(34)28(35)32(25)12-6-11-31-13-15-38-16-14-31/h7-10,17,25,30,33H,6,11-16H2,1-5H3/t25-/m0/s1. The smallest absolute Gasteiger partial charge is 0.354 e. The first kappa shape index (κ1) is 27.6. The molecule has 0 saturated carbocycles. The van der Waals surface area contributed by atoms with E-state index in [1.165, 1.54) is 7.11 Å². The lowest BCUT2D eigenvalue weighted by Crippen LogP contribution is -2.38. The maximum Gasteiger partial charge on any atom is 0.354 e. The second-order valence-corrected chi connectivity index (χ2v) is 10.2. The molecule has 1 amide bonds. The van der Waals surface area contributed by atoms with Crippen molar-refractivity contribution in [3.05, 3.63) is 63.5 Å². The minimum Gasteiger partial charge on any atom is -0.507 e. The summed E-state index contributed by atoms with van der Waals surface area (Å²) in [5, 5.41) is 11.5. The van der Waals surface area contributed by atoms with Gasteiger partial charge in [-0.2, -0.15) is 0 Å². The van der Waals surface area contributed by atoms with Gasteiger partial charge in [-0.25, -0.2) is 4.79 Å². The van der Waals surface area contributed by atoms with E-state index in [1.54, 1.807) is 18.7 Å². The predicted octanol–water partition coefficient (Wildman–Crippen LogP) is 3.69. The lowest BCUT2D eigenvalue weighted by Gasteiger charge is -2.29. The predicted molar refractivity (Wildman–Crippen MR) is 143 cm³/mol. The number of amides is 1. The number of H-pyrrole nitrogens is 1. The lowest BCUT2D eigenvalue weighted by atomic mass is 9.92. The van der Waals surface area contributed by atoms with Gasteiger partial charge in [0.05, 0.1) is 31.9 Å². The highest BCUT2D eigenvalue weighted by atomic mass is 16.5. The summed E-state index contributed by atoms with van der Waals surface area (Å²) in [7, 11) is 1.28. The number of methoxy groups -OCH3 is 1. The number of nitrogens with zero attached hydrogens (tertiary/aromatic N) is 2. The number of morpholine rings is 1. The highest BCUT2D eigenvalue weighted by Gasteiger charge is 2.46. The van der Waals surface area contributed by atoms with Crippen LogP contribution in [0.4, 0.5) is 0 Å². The number of ether oxygens (including phenoxy) is 2. The summed E-state index contributed by atoms with van der Waals surface area (Å²) in [5.74, 6) is -1.91. The van der Waals surface area contributed by atoms with Crippen LogP contribution in [0.1, 0.15) is 70.7 Å². The largest absolute Gasteiger partial charge is 0.507 e. The molecule has 1 atom stereocenters. The average Bonchev–Trinajstić information content (AvgIpc) is 3.35. The van der Waals surface area contributed by atoms with Crippen molar-refractivity contribution in [2.75, 3.05) is 46.5 Å². The van der Waals surface area contributed by atoms with Crippen LogP contribution in [0.3, 0.4) is 0 Å². The zero-order valence-electron chi connectivity index (χ0n) is 22.8. The van der Waals surface area contributed by atoms with Crippen LogP contribution < -0.4 is 0 Å². The second-order valence-electron chi connectivity index (χ2n) is 10.2. The Kier molecular flexibility index (Phi) is 8.38. The molecule has 0 bridgehead atoms. The number of Topliss-reactive ketones (excluding diaryl/α,β-unsaturated/α-hetero) is 1. The van der Waals surface area contributed by atoms with Crippen molar-refractivity contribution in [2.24, 2.45) is 0 Å². The first-order valence-corrected chi connectivity index (χ1v) is 13.1. The zero-order chi connectivity index (χ0) is 27.6. The van der Waals surface area contributed by atoms with E-state index in [9.17, 15) is 19.5 Å². The Balaban J connectivity index is 1.75. The van der Waals surface area contributed by atoms with Crippen LogP contribution in [0.25, 0.3) is 5.76 Å². The number of aliphatic hydroxyl groups is 1. The molecule has 0 spiro atoms. The van der Waals surface area contributed by atoms with Crippen molar-refractivity contribution in [1.29, 1.82) is 0 Å². The molecule has 2 fully saturated rings. The topological polar surface area (TPSA) is 112 Å². The number of aryl methyl sites for hydroxylation is 1. The van der Waals surface area contributed by atoms with E-state index < -0.39 is 23.7 Å². The van der Waals surface area contributed by atoms with Gasteiger partial charge >= 0.3 is 5.97 Å². The highest BCUT2D eigenvalue weighted by Crippen LogP contribution is 2.41. The molecule has 0 aliphatic carbocycles. The van der Waals surface area contributed by atoms with Crippen LogP contribution in [0.5, 0.6) is 0 Å². The molecule has 2 N–H and O–H groups in total. The number of esters is 1. The van der Waals surface area contributed by atoms with Crippen LogP contribution in [-0.4, -0.2) is 84.1 Å². The SMILES string of the molecule is COC(=O)c1[nH]c(C)c(C(O)=C2C(=O)C(=O)N(CCCN3CCOCC3)[C@H]2c2ccc(C(C)C)cc2)c1C. The molecule has 2 aliphatic heterocycles. The van der Waals surface area contributed by atoms with Crippen molar-refractivity contribution in [2.45, 2.75) is 46.1 Å². The van der Waals surface area contributed by atoms with E-state index in [0.29, 0.717) is 48.9 Å². The molecule has 3 heterocycles. The van der Waals surface area contributed by atoms with Crippen molar-refractivity contribution in [3.63, 3.8) is 0 Å². The molecular weight excluding hydrogens is 486 g/mol. The molecule has 38 heavy (non-hydrogen) atoms. The first-order chi connectivity index (χ1) is 18.1. The first-order valence-electron chi connectivity index (χ1n) is 13.1. The number of aromatic amines is 1. The molecule has 2 saturated heterocycles. The maximum absolute atomic E-state index is 13.4. The molecule has 0 unspecified atom stereocenters. The summed E-state index contributed by atoms with van der Waals surface area (Å²) in [5.41, 5.74) is 3.41. The quantitative estimate of drug-likeness (QED) is 0.235. The summed E-state index contributed by atoms with van der Waals surface area (Å²) in [6.45, 7) is 11.8. The van der Waals surface area contributed by atoms with Gasteiger partial charge < -0.3 is 24.5 Å². The number of carbonyl (C=O) groups excluding carboxylic acids is 3. The average molecular weight is 524 g/mol. The van der Waals surface area contributed by atoms with Crippen LogP contribution in [0, 0.1) is 13.8 Å². The number of ketones is 1. The monoisotopic (exact) mass is 523 g/mol. The van der Waals surface area contributed by atoms with Gasteiger partial charge in [-0.05, 0) is 42.9 Å². The summed E-state index contributed by atoms with van der Waals surface area (Å²) in [6.07, 6.45) is 0.683. The van der Waals surface area contributed by atoms with Gasteiger partial charge in [0.25, 0.3) is 11.7 Å². The number of rotatable bonds is 8. The van der Waals surface area contributed by atoms with Crippen molar-refractivity contribution in [3.8, 4) is 0 Å². The van der Waals surface area contributed by atoms with Gasteiger partial charge in [-0.1, -0.05) is 38.1 Å². The number of hydrogen-bond donors (Lipinski definition) is 2. The third kappa shape index (κ3) is 5.26. The van der Waals surface area contributed by atoms with Crippen molar-refractivity contribution in [1.82, 2.24) is 14.8 Å². The molecule has 1 aromatic carbocycles. The van der Waals surface area contributed by atoms with E-state index >= 15 is 0 Å². The molecule has 4 rings (SSSR count). The molecule has 9 nitrogen and oxygen atoms in total. The fourth-order valence-electron chi connectivity index (χ4n) is 5.36. The zero-order valence-corrected chi connectivity index (χ0v) is 22.8. The van der Waals surface area contributed by atoms with Crippen LogP contribution in [-0.2, 0) is 19.1 Å². The number of carbonyl (C=O) groups is 3. The summed E-state index contributed by atoms with van der Waals surface area (Å²) < 4.78 is 10.3. The van der Waals surface area contributed by atoms with E-state index in [-0.39, 0.29) is 17.0 Å². The molecule has 204 valence electrons. The molecule has 2 aromatic rings. The van der Waals surface area contributed by atoms with Gasteiger partial charge in [-0.3, -0.25) is 14.5 Å². The van der Waals surface area contributed by atoms with Crippen LogP contribution in [0.2, 0.25) is 0 Å². The lowest BCUT2D eigenvalue weighted by molar-refractivity contribution is -0.140. The Morgan fingerprint density at radius 2 is 1.79 bits per heavy atom. The van der Waals surface area contributed by atoms with Gasteiger partial charge in [0.1, 0.15) is 11.5 Å². The third-order valence-electron chi connectivity index (χ3n) is 7.50. The Morgan fingerprint density at radius 3 is 2.39 bits per heavy atom. The fraction of sp³-hybridized carbons (Fsp3) is 0.483. The Labute approximate surface area is 223 Å². The van der Waals surface area contributed by atoms with Crippen LogP contribution >= 0.6 is 0 Å². The summed E-state index contributed by atoms with van der Waals surface area (Å²) >= 11 is 0. The Hall–Kier alpha value is -3.43. The highest BCUT2D eigenvalue weighted by molar-refractivity contribution is 6.46. The summed E-state index contributed by atoms with van der Waals surface area (Å²) in [4.78, 5) is 45.8. The second kappa shape index (κ2) is 11.5. The molecule has 0 radical (unpaired) electrons. The number of likely N-dealkylation sites (tertiary alicyclic amines) is 1. The van der Waals surface area contributed by atoms with E-state index in [0.717, 1.165) is 30.8 Å². The van der Waals surface area contributed by atoms with Crippen molar-refractivity contribution < 1.29 is 29.0 Å². The number of hydrogen-bond acceptors (Lipinski definition) is 7. The van der Waals surface area contributed by atoms with E-state index in [4.69, 9.17) is 9.47 Å². The minimum atomic E-state index is -0.740. The Morgan fingerprint density at radius 1 is 1.13 bits per heavy atom. The van der Waals surface area contributed by atoms with E-state index in [2.05, 4.69) is 23.7 Å². The number of aliphatic hydroxyl groups excluding tert-OH is 1. The van der Waals surface area contributed by atoms with E-state index in [1.807, 2.05) is 24.3 Å². The minimum absolute atomic E-state index is 0.0280. The molecular formula is C29H37N3O6. The maximum atomic E-state index is 13.4. The number of aromatic nitrogens is 1. The molecule has 1 aromatic heterocycles. The number of benzene rings is 1. The van der Waals surface area contributed by atoms with Gasteiger partial charge in [0, 0.05) is 37.4 Å². The van der Waals surface area contributed by atoms with Crippen molar-refractivity contribution >= 4 is 23.4 Å². The van der Waals surface area contributed by atoms with Crippen LogP contribution in [0.15, 0.2) is 29.8 Å². The van der Waals surface area contributed by atoms with Gasteiger partial charge in [-0.15, -0.1) is 0 Å². The summed E-state index contributed by atoms with van der Waals surface area (Å²) in [6, 6.07) is 7.10.